The van der Waals surface area contributed by atoms with E-state index in [4.69, 9.17) is 4.84 Å². The lowest BCUT2D eigenvalue weighted by Crippen LogP contribution is -2.50. The number of hydrogen-bond acceptors (Lipinski definition) is 6. The Kier molecular flexibility index (Phi) is 10.0. The minimum absolute atomic E-state index is 0.150. The van der Waals surface area contributed by atoms with Crippen LogP contribution < -0.4 is 32.1 Å². The number of hydroxylamine groups is 1. The Morgan fingerprint density at radius 2 is 1.32 bits per heavy atom. The van der Waals surface area contributed by atoms with Crippen LogP contribution >= 0.6 is 0 Å². The zero-order chi connectivity index (χ0) is 28.0. The molecule has 0 fully saturated rings. The average Bonchev–Trinajstić information content (AvgIpc) is 2.99. The topological polar surface area (TPSA) is 146 Å². The SMILES string of the molecule is O=C(NCC(NC(=O)Nc1ccccc1)ONC(=O)c1ccccc1NCc1ccncc1)Nc1ccccc1. The molecule has 1 unspecified atom stereocenters. The van der Waals surface area contributed by atoms with Crippen molar-refractivity contribution in [1.29, 1.82) is 0 Å². The molecule has 6 N–H and O–H groups in total. The fourth-order valence-corrected chi connectivity index (χ4v) is 3.55. The summed E-state index contributed by atoms with van der Waals surface area (Å²) in [6.45, 7) is 0.334. The summed E-state index contributed by atoms with van der Waals surface area (Å²) < 4.78 is 0. The normalized spacial score (nSPS) is 11.0. The van der Waals surface area contributed by atoms with Crippen LogP contribution in [0.25, 0.3) is 0 Å². The lowest BCUT2D eigenvalue weighted by Gasteiger charge is -2.21. The molecule has 40 heavy (non-hydrogen) atoms. The maximum absolute atomic E-state index is 13.0. The predicted octanol–water partition coefficient (Wildman–Crippen LogP) is 4.32. The molecule has 0 aliphatic heterocycles. The number of anilines is 3. The summed E-state index contributed by atoms with van der Waals surface area (Å²) in [4.78, 5) is 47.5. The Labute approximate surface area is 231 Å². The minimum Gasteiger partial charge on any atom is -0.380 e. The number of nitrogens with zero attached hydrogens (tertiary/aromatic N) is 1. The molecule has 204 valence electrons. The van der Waals surface area contributed by atoms with Gasteiger partial charge in [-0.25, -0.2) is 19.9 Å². The molecule has 0 bridgehead atoms. The molecule has 0 radical (unpaired) electrons. The van der Waals surface area contributed by atoms with Crippen LogP contribution in [0, 0.1) is 0 Å². The second kappa shape index (κ2) is 14.5. The number of amides is 5. The number of urea groups is 2. The second-order valence-corrected chi connectivity index (χ2v) is 8.46. The number of carbonyl (C=O) groups excluding carboxylic acids is 3. The fourth-order valence-electron chi connectivity index (χ4n) is 3.55. The third-order valence-corrected chi connectivity index (χ3v) is 5.50. The van der Waals surface area contributed by atoms with Gasteiger partial charge >= 0.3 is 12.1 Å². The maximum Gasteiger partial charge on any atom is 0.321 e. The van der Waals surface area contributed by atoms with Crippen LogP contribution in [0.5, 0.6) is 0 Å². The minimum atomic E-state index is -1.11. The first-order chi connectivity index (χ1) is 19.6. The predicted molar refractivity (Wildman–Crippen MR) is 152 cm³/mol. The Bertz CT molecular complexity index is 1390. The fraction of sp³-hybridized carbons (Fsp3) is 0.103. The second-order valence-electron chi connectivity index (χ2n) is 8.46. The summed E-state index contributed by atoms with van der Waals surface area (Å²) >= 11 is 0. The summed E-state index contributed by atoms with van der Waals surface area (Å²) in [5.74, 6) is -0.540. The molecule has 4 aromatic rings. The molecule has 0 saturated heterocycles. The van der Waals surface area contributed by atoms with Gasteiger partial charge in [-0.05, 0) is 54.1 Å². The van der Waals surface area contributed by atoms with E-state index < -0.39 is 24.2 Å². The number of benzene rings is 3. The lowest BCUT2D eigenvalue weighted by atomic mass is 10.1. The summed E-state index contributed by atoms with van der Waals surface area (Å²) in [7, 11) is 0. The molecular formula is C29H29N7O4. The van der Waals surface area contributed by atoms with E-state index >= 15 is 0 Å². The van der Waals surface area contributed by atoms with Crippen LogP contribution in [0.3, 0.4) is 0 Å². The molecule has 1 aromatic heterocycles. The Balaban J connectivity index is 1.37. The van der Waals surface area contributed by atoms with Gasteiger partial charge in [0.2, 0.25) is 0 Å². The van der Waals surface area contributed by atoms with Gasteiger partial charge in [-0.2, -0.15) is 0 Å². The number of para-hydroxylation sites is 3. The molecule has 4 rings (SSSR count). The smallest absolute Gasteiger partial charge is 0.321 e. The Hall–Kier alpha value is -5.42. The van der Waals surface area contributed by atoms with Gasteiger partial charge in [0.15, 0.2) is 6.23 Å². The number of carbonyl (C=O) groups is 3. The van der Waals surface area contributed by atoms with Gasteiger partial charge in [0, 0.05) is 36.0 Å². The van der Waals surface area contributed by atoms with Crippen molar-refractivity contribution in [2.24, 2.45) is 0 Å². The maximum atomic E-state index is 13.0. The monoisotopic (exact) mass is 539 g/mol. The third-order valence-electron chi connectivity index (χ3n) is 5.50. The summed E-state index contributed by atoms with van der Waals surface area (Å²) in [5, 5.41) is 13.8. The van der Waals surface area contributed by atoms with Crippen LogP contribution in [-0.4, -0.2) is 35.7 Å². The molecule has 5 amide bonds. The highest BCUT2D eigenvalue weighted by molar-refractivity contribution is 5.99. The van der Waals surface area contributed by atoms with Crippen molar-refractivity contribution in [3.8, 4) is 0 Å². The molecule has 0 saturated carbocycles. The standard InChI is InChI=1S/C29H29N7O4/c37-27(24-13-7-8-14-25(24)31-19-21-15-17-30-18-16-21)36-40-26(35-29(39)34-23-11-5-2-6-12-23)20-32-28(38)33-22-9-3-1-4-10-22/h1-18,26,31H,19-20H2,(H,36,37)(H2,32,33,38)(H2,34,35,39). The van der Waals surface area contributed by atoms with E-state index in [9.17, 15) is 14.4 Å². The van der Waals surface area contributed by atoms with E-state index in [0.717, 1.165) is 5.56 Å². The number of aromatic nitrogens is 1. The summed E-state index contributed by atoms with van der Waals surface area (Å²) in [5.41, 5.74) is 5.45. The van der Waals surface area contributed by atoms with Crippen molar-refractivity contribution in [2.45, 2.75) is 12.8 Å². The van der Waals surface area contributed by atoms with Gasteiger partial charge in [-0.15, -0.1) is 0 Å². The molecule has 0 aliphatic carbocycles. The quantitative estimate of drug-likeness (QED) is 0.124. The first-order valence-electron chi connectivity index (χ1n) is 12.5. The van der Waals surface area contributed by atoms with E-state index in [-0.39, 0.29) is 6.54 Å². The van der Waals surface area contributed by atoms with Crippen LogP contribution in [0.2, 0.25) is 0 Å². The van der Waals surface area contributed by atoms with E-state index in [1.807, 2.05) is 24.3 Å². The molecular weight excluding hydrogens is 510 g/mol. The van der Waals surface area contributed by atoms with Crippen LogP contribution in [0.15, 0.2) is 109 Å². The van der Waals surface area contributed by atoms with Crippen molar-refractivity contribution in [1.82, 2.24) is 21.1 Å². The highest BCUT2D eigenvalue weighted by Gasteiger charge is 2.18. The van der Waals surface area contributed by atoms with Crippen molar-refractivity contribution < 1.29 is 19.2 Å². The van der Waals surface area contributed by atoms with Gasteiger partial charge in [0.25, 0.3) is 5.91 Å². The van der Waals surface area contributed by atoms with Crippen molar-refractivity contribution in [3.63, 3.8) is 0 Å². The van der Waals surface area contributed by atoms with E-state index in [2.05, 4.69) is 37.0 Å². The van der Waals surface area contributed by atoms with Crippen molar-refractivity contribution in [2.75, 3.05) is 22.5 Å². The first-order valence-corrected chi connectivity index (χ1v) is 12.5. The van der Waals surface area contributed by atoms with Gasteiger partial charge in [0.1, 0.15) is 0 Å². The van der Waals surface area contributed by atoms with Crippen LogP contribution in [0.1, 0.15) is 15.9 Å². The Morgan fingerprint density at radius 1 is 0.725 bits per heavy atom. The van der Waals surface area contributed by atoms with Crippen LogP contribution in [-0.2, 0) is 11.4 Å². The highest BCUT2D eigenvalue weighted by Crippen LogP contribution is 2.16. The van der Waals surface area contributed by atoms with E-state index in [0.29, 0.717) is 29.2 Å². The molecule has 1 atom stereocenters. The Morgan fingerprint density at radius 3 is 2.00 bits per heavy atom. The van der Waals surface area contributed by atoms with Gasteiger partial charge in [-0.1, -0.05) is 48.5 Å². The largest absolute Gasteiger partial charge is 0.380 e. The van der Waals surface area contributed by atoms with Gasteiger partial charge < -0.3 is 26.6 Å². The highest BCUT2D eigenvalue weighted by atomic mass is 16.7. The summed E-state index contributed by atoms with van der Waals surface area (Å²) in [6, 6.07) is 27.3. The molecule has 11 nitrogen and oxygen atoms in total. The van der Waals surface area contributed by atoms with Gasteiger partial charge in [0.05, 0.1) is 12.1 Å². The first kappa shape index (κ1) is 27.6. The molecule has 1 heterocycles. The third kappa shape index (κ3) is 8.85. The van der Waals surface area contributed by atoms with Gasteiger partial charge in [-0.3, -0.25) is 9.78 Å². The van der Waals surface area contributed by atoms with E-state index in [1.54, 1.807) is 85.2 Å². The molecule has 3 aromatic carbocycles. The summed E-state index contributed by atoms with van der Waals surface area (Å²) in [6.07, 6.45) is 2.28. The number of pyridine rings is 1. The average molecular weight is 540 g/mol. The molecule has 0 spiro atoms. The zero-order valence-electron chi connectivity index (χ0n) is 21.5. The number of hydrogen-bond donors (Lipinski definition) is 6. The molecule has 0 aliphatic rings. The van der Waals surface area contributed by atoms with Crippen LogP contribution in [0.4, 0.5) is 26.7 Å². The van der Waals surface area contributed by atoms with Crippen molar-refractivity contribution in [3.05, 3.63) is 121 Å². The zero-order valence-corrected chi connectivity index (χ0v) is 21.5. The van der Waals surface area contributed by atoms with E-state index in [1.165, 1.54) is 0 Å². The van der Waals surface area contributed by atoms with Crippen molar-refractivity contribution >= 4 is 35.0 Å². The number of nitrogens with one attached hydrogen (secondary N) is 6. The lowest BCUT2D eigenvalue weighted by molar-refractivity contribution is -0.0230. The number of rotatable bonds is 11. The molecule has 11 heteroatoms.